The van der Waals surface area contributed by atoms with Crippen LogP contribution in [0.25, 0.3) is 0 Å². The summed E-state index contributed by atoms with van der Waals surface area (Å²) in [4.78, 5) is 13.8. The Bertz CT molecular complexity index is 479. The van der Waals surface area contributed by atoms with Crippen LogP contribution in [0.15, 0.2) is 18.2 Å². The topological polar surface area (TPSA) is 29.5 Å². The molecular formula is C15H19F2NO2. The molecule has 3 nitrogen and oxygen atoms in total. The first-order valence-corrected chi connectivity index (χ1v) is 6.93. The maximum absolute atomic E-state index is 13.2. The predicted octanol–water partition coefficient (Wildman–Crippen LogP) is 2.74. The monoisotopic (exact) mass is 283 g/mol. The average molecular weight is 283 g/mol. The van der Waals surface area contributed by atoms with Crippen molar-refractivity contribution < 1.29 is 18.3 Å². The standard InChI is InChI=1S/C15H19F2NO2/c1-2-20-15(19)12-4-3-7-18(10-12)9-11-5-6-13(16)14(17)8-11/h5-6,8,12H,2-4,7,9-10H2,1H3. The lowest BCUT2D eigenvalue weighted by Crippen LogP contribution is -2.38. The summed E-state index contributed by atoms with van der Waals surface area (Å²) in [6.07, 6.45) is 1.74. The number of halogens is 2. The Morgan fingerprint density at radius 3 is 2.90 bits per heavy atom. The van der Waals surface area contributed by atoms with E-state index < -0.39 is 11.6 Å². The first-order valence-electron chi connectivity index (χ1n) is 6.93. The highest BCUT2D eigenvalue weighted by molar-refractivity contribution is 5.72. The van der Waals surface area contributed by atoms with Gasteiger partial charge in [-0.2, -0.15) is 0 Å². The fourth-order valence-corrected chi connectivity index (χ4v) is 2.55. The Hall–Kier alpha value is -1.49. The van der Waals surface area contributed by atoms with Crippen LogP contribution in [0.4, 0.5) is 8.78 Å². The highest BCUT2D eigenvalue weighted by atomic mass is 19.2. The molecule has 0 N–H and O–H groups in total. The molecule has 5 heteroatoms. The number of esters is 1. The van der Waals surface area contributed by atoms with Crippen molar-refractivity contribution in [1.29, 1.82) is 0 Å². The van der Waals surface area contributed by atoms with Crippen molar-refractivity contribution in [3.05, 3.63) is 35.4 Å². The van der Waals surface area contributed by atoms with Gasteiger partial charge < -0.3 is 4.74 Å². The SMILES string of the molecule is CCOC(=O)C1CCCN(Cc2ccc(F)c(F)c2)C1. The van der Waals surface area contributed by atoms with E-state index in [2.05, 4.69) is 4.90 Å². The lowest BCUT2D eigenvalue weighted by molar-refractivity contribution is -0.150. The minimum absolute atomic E-state index is 0.117. The Labute approximate surface area is 117 Å². The van der Waals surface area contributed by atoms with Crippen molar-refractivity contribution >= 4 is 5.97 Å². The number of rotatable bonds is 4. The molecule has 0 radical (unpaired) electrons. The molecule has 1 saturated heterocycles. The van der Waals surface area contributed by atoms with Gasteiger partial charge in [-0.1, -0.05) is 6.07 Å². The molecule has 1 atom stereocenters. The molecule has 1 aromatic carbocycles. The number of carbonyl (C=O) groups excluding carboxylic acids is 1. The van der Waals surface area contributed by atoms with Gasteiger partial charge in [0.05, 0.1) is 12.5 Å². The van der Waals surface area contributed by atoms with E-state index in [1.807, 2.05) is 0 Å². The van der Waals surface area contributed by atoms with Crippen molar-refractivity contribution in [2.24, 2.45) is 5.92 Å². The van der Waals surface area contributed by atoms with E-state index in [0.29, 0.717) is 25.3 Å². The lowest BCUT2D eigenvalue weighted by Gasteiger charge is -2.31. The summed E-state index contributed by atoms with van der Waals surface area (Å²) < 4.78 is 31.1. The van der Waals surface area contributed by atoms with Crippen LogP contribution in [0.5, 0.6) is 0 Å². The van der Waals surface area contributed by atoms with Crippen molar-refractivity contribution in [1.82, 2.24) is 4.90 Å². The molecule has 1 aromatic rings. The quantitative estimate of drug-likeness (QED) is 0.796. The van der Waals surface area contributed by atoms with Gasteiger partial charge >= 0.3 is 5.97 Å². The molecule has 0 amide bonds. The van der Waals surface area contributed by atoms with Crippen LogP contribution in [0.1, 0.15) is 25.3 Å². The van der Waals surface area contributed by atoms with Gasteiger partial charge in [0.25, 0.3) is 0 Å². The summed E-state index contributed by atoms with van der Waals surface area (Å²) in [5.74, 6) is -1.95. The Morgan fingerprint density at radius 2 is 2.20 bits per heavy atom. The number of ether oxygens (including phenoxy) is 1. The Kier molecular flexibility index (Phi) is 5.06. The molecule has 1 unspecified atom stereocenters. The third-order valence-electron chi connectivity index (χ3n) is 3.52. The molecular weight excluding hydrogens is 264 g/mol. The Morgan fingerprint density at radius 1 is 1.40 bits per heavy atom. The first-order chi connectivity index (χ1) is 9.60. The van der Waals surface area contributed by atoms with E-state index in [0.717, 1.165) is 25.5 Å². The molecule has 20 heavy (non-hydrogen) atoms. The normalized spacial score (nSPS) is 19.9. The third kappa shape index (κ3) is 3.76. The zero-order valence-electron chi connectivity index (χ0n) is 11.6. The zero-order valence-corrected chi connectivity index (χ0v) is 11.6. The summed E-state index contributed by atoms with van der Waals surface area (Å²) in [5.41, 5.74) is 0.716. The smallest absolute Gasteiger partial charge is 0.310 e. The highest BCUT2D eigenvalue weighted by Gasteiger charge is 2.26. The maximum atomic E-state index is 13.2. The van der Waals surface area contributed by atoms with Crippen molar-refractivity contribution in [3.8, 4) is 0 Å². The fourth-order valence-electron chi connectivity index (χ4n) is 2.55. The van der Waals surface area contributed by atoms with Gasteiger partial charge in [-0.25, -0.2) is 8.78 Å². The van der Waals surface area contributed by atoms with E-state index >= 15 is 0 Å². The minimum atomic E-state index is -0.836. The predicted molar refractivity (Wildman–Crippen MR) is 71.0 cm³/mol. The molecule has 110 valence electrons. The van der Waals surface area contributed by atoms with Crippen molar-refractivity contribution in [3.63, 3.8) is 0 Å². The summed E-state index contributed by atoms with van der Waals surface area (Å²) in [6, 6.07) is 3.92. The fraction of sp³-hybridized carbons (Fsp3) is 0.533. The molecule has 0 aromatic heterocycles. The number of hydrogen-bond acceptors (Lipinski definition) is 3. The molecule has 0 saturated carbocycles. The number of carbonyl (C=O) groups is 1. The van der Waals surface area contributed by atoms with Gasteiger partial charge in [-0.3, -0.25) is 9.69 Å². The highest BCUT2D eigenvalue weighted by Crippen LogP contribution is 2.20. The van der Waals surface area contributed by atoms with Gasteiger partial charge in [0, 0.05) is 13.1 Å². The number of nitrogens with zero attached hydrogens (tertiary/aromatic N) is 1. The van der Waals surface area contributed by atoms with E-state index in [9.17, 15) is 13.6 Å². The molecule has 2 rings (SSSR count). The zero-order chi connectivity index (χ0) is 14.5. The second kappa shape index (κ2) is 6.79. The molecule has 0 spiro atoms. The Balaban J connectivity index is 1.95. The van der Waals surface area contributed by atoms with E-state index in [4.69, 9.17) is 4.74 Å². The van der Waals surface area contributed by atoms with Gasteiger partial charge in [0.2, 0.25) is 0 Å². The second-order valence-electron chi connectivity index (χ2n) is 5.07. The number of benzene rings is 1. The second-order valence-corrected chi connectivity index (χ2v) is 5.07. The van der Waals surface area contributed by atoms with Crippen LogP contribution in [0, 0.1) is 17.6 Å². The number of hydrogen-bond donors (Lipinski definition) is 0. The summed E-state index contributed by atoms with van der Waals surface area (Å²) in [6.45, 7) is 4.16. The lowest BCUT2D eigenvalue weighted by atomic mass is 9.97. The maximum Gasteiger partial charge on any atom is 0.310 e. The largest absolute Gasteiger partial charge is 0.466 e. The molecule has 1 aliphatic rings. The molecule has 1 fully saturated rings. The first kappa shape index (κ1) is 14.9. The van der Waals surface area contributed by atoms with E-state index in [1.165, 1.54) is 6.07 Å². The molecule has 1 aliphatic heterocycles. The van der Waals surface area contributed by atoms with Crippen LogP contribution in [-0.4, -0.2) is 30.6 Å². The van der Waals surface area contributed by atoms with Crippen molar-refractivity contribution in [2.75, 3.05) is 19.7 Å². The van der Waals surface area contributed by atoms with Crippen LogP contribution in [0.3, 0.4) is 0 Å². The minimum Gasteiger partial charge on any atom is -0.466 e. The molecule has 1 heterocycles. The average Bonchev–Trinajstić information content (AvgIpc) is 2.43. The van der Waals surface area contributed by atoms with Gasteiger partial charge in [-0.05, 0) is 44.0 Å². The van der Waals surface area contributed by atoms with Crippen LogP contribution >= 0.6 is 0 Å². The van der Waals surface area contributed by atoms with Crippen molar-refractivity contribution in [2.45, 2.75) is 26.3 Å². The molecule has 0 aliphatic carbocycles. The summed E-state index contributed by atoms with van der Waals surface area (Å²) in [7, 11) is 0. The van der Waals surface area contributed by atoms with E-state index in [-0.39, 0.29) is 11.9 Å². The summed E-state index contributed by atoms with van der Waals surface area (Å²) >= 11 is 0. The summed E-state index contributed by atoms with van der Waals surface area (Å²) in [5, 5.41) is 0. The number of piperidine rings is 1. The van der Waals surface area contributed by atoms with Gasteiger partial charge in [0.1, 0.15) is 0 Å². The van der Waals surface area contributed by atoms with E-state index in [1.54, 1.807) is 13.0 Å². The van der Waals surface area contributed by atoms with Gasteiger partial charge in [-0.15, -0.1) is 0 Å². The van der Waals surface area contributed by atoms with Crippen LogP contribution < -0.4 is 0 Å². The third-order valence-corrected chi connectivity index (χ3v) is 3.52. The van der Waals surface area contributed by atoms with Gasteiger partial charge in [0.15, 0.2) is 11.6 Å². The molecule has 0 bridgehead atoms. The number of likely N-dealkylation sites (tertiary alicyclic amines) is 1. The van der Waals surface area contributed by atoms with Crippen LogP contribution in [-0.2, 0) is 16.1 Å². The van der Waals surface area contributed by atoms with Crippen LogP contribution in [0.2, 0.25) is 0 Å².